The largest absolute Gasteiger partial charge is 0.310 e. The van der Waals surface area contributed by atoms with Crippen molar-refractivity contribution < 1.29 is 0 Å². The van der Waals surface area contributed by atoms with Crippen LogP contribution < -0.4 is 19.6 Å². The van der Waals surface area contributed by atoms with E-state index in [0.717, 1.165) is 79.6 Å². The highest BCUT2D eigenvalue weighted by atomic mass is 32.1. The van der Waals surface area contributed by atoms with E-state index in [1.807, 2.05) is 22.7 Å². The molecule has 10 heteroatoms. The Balaban J connectivity index is 0.000000134. The molecule has 0 atom stereocenters. The Morgan fingerprint density at radius 3 is 0.685 bits per heavy atom. The summed E-state index contributed by atoms with van der Waals surface area (Å²) in [5, 5.41) is 29.9. The second kappa shape index (κ2) is 32.4. The number of thiophene rings is 2. The number of aromatic nitrogens is 4. The summed E-state index contributed by atoms with van der Waals surface area (Å²) in [6.45, 7) is 0. The molecule has 0 radical (unpaired) electrons. The van der Waals surface area contributed by atoms with Gasteiger partial charge >= 0.3 is 0 Å². The van der Waals surface area contributed by atoms with E-state index in [2.05, 4.69) is 547 Å². The van der Waals surface area contributed by atoms with E-state index in [1.165, 1.54) is 203 Å². The molecule has 0 saturated heterocycles. The van der Waals surface area contributed by atoms with E-state index in [0.29, 0.717) is 0 Å². The van der Waals surface area contributed by atoms with Crippen LogP contribution in [-0.4, -0.2) is 17.9 Å². The standard InChI is InChI=1S/C74H47N5.C62H37N3S2/c1-5-18-52(19-6-1)75(58-36-38-70-66(46-58)60-26-13-15-30-68(60)77(70)54-22-9-3-10-23-54)56-34-32-48-42-64-62-28-17-29-63-65-43-49-33-35-57(41-51(49)45-73(65)79(74(62)63)72(64)44-50(48)40-56)76(53-20-7-2-8-21-53)59-37-39-71-67(47-59)61-27-14-16-31-69(61)78(71)55-24-11-4-12-25-55;1-3-12-42(13-4-1)63(46-26-28-60-54(36-46)48-16-7-9-20-58(48)66-60)44-24-22-38-32-52-50-18-11-19-51-53-33-39-23-25-45(31-41(39)35-57(53)65(62(50)51)56(52)34-40(38)30-44)64(43-14-5-2-6-15-43)47-27-29-61-55(37-47)49-17-8-10-21-59(49)67-61/h1-47H;1-37H. The molecular formula is C136H84N8S2. The quantitative estimate of drug-likeness (QED) is 0.109. The molecular weight excluding hydrogens is 1810 g/mol. The molecule has 0 saturated carbocycles. The number of rotatable bonds is 14. The van der Waals surface area contributed by atoms with Crippen LogP contribution in [0, 0.1) is 0 Å². The van der Waals surface area contributed by atoms with Gasteiger partial charge in [0.2, 0.25) is 0 Å². The van der Waals surface area contributed by atoms with Gasteiger partial charge in [-0.2, -0.15) is 0 Å². The number of anilines is 12. The number of hydrogen-bond acceptors (Lipinski definition) is 6. The number of fused-ring (bicyclic) bond motifs is 28. The van der Waals surface area contributed by atoms with E-state index in [9.17, 15) is 0 Å². The van der Waals surface area contributed by atoms with Crippen LogP contribution in [0.1, 0.15) is 0 Å². The van der Waals surface area contributed by atoms with Gasteiger partial charge in [0.25, 0.3) is 0 Å². The van der Waals surface area contributed by atoms with Crippen molar-refractivity contribution in [1.82, 2.24) is 17.9 Å². The lowest BCUT2D eigenvalue weighted by molar-refractivity contribution is 1.18. The highest BCUT2D eigenvalue weighted by Gasteiger charge is 2.28. The summed E-state index contributed by atoms with van der Waals surface area (Å²) in [6, 6.07) is 188. The van der Waals surface area contributed by atoms with Gasteiger partial charge in [-0.1, -0.05) is 243 Å². The van der Waals surface area contributed by atoms with Crippen LogP contribution in [0.2, 0.25) is 0 Å². The van der Waals surface area contributed by atoms with Crippen LogP contribution >= 0.6 is 22.7 Å². The van der Waals surface area contributed by atoms with Crippen LogP contribution in [0.5, 0.6) is 0 Å². The molecule has 0 spiro atoms. The molecule has 24 aromatic carbocycles. The topological polar surface area (TPSA) is 31.6 Å². The van der Waals surface area contributed by atoms with Crippen LogP contribution in [-0.2, 0) is 0 Å². The zero-order valence-electron chi connectivity index (χ0n) is 78.9. The fourth-order valence-electron chi connectivity index (χ4n) is 24.1. The summed E-state index contributed by atoms with van der Waals surface area (Å²) in [6.07, 6.45) is 0. The zero-order valence-corrected chi connectivity index (χ0v) is 80.5. The van der Waals surface area contributed by atoms with Crippen LogP contribution in [0.25, 0.3) is 215 Å². The summed E-state index contributed by atoms with van der Waals surface area (Å²) in [7, 11) is 0. The maximum atomic E-state index is 2.53. The molecule has 146 heavy (non-hydrogen) atoms. The predicted octanol–water partition coefficient (Wildman–Crippen LogP) is 39.1. The van der Waals surface area contributed by atoms with Gasteiger partial charge in [-0.15, -0.1) is 22.7 Å². The average Bonchev–Trinajstić information content (AvgIpc) is 1.54. The third kappa shape index (κ3) is 12.7. The lowest BCUT2D eigenvalue weighted by Gasteiger charge is -2.26. The predicted molar refractivity (Wildman–Crippen MR) is 625 cm³/mol. The molecule has 0 amide bonds. The number of nitrogens with zero attached hydrogens (tertiary/aromatic N) is 8. The Kier molecular flexibility index (Phi) is 18.2. The Labute approximate surface area is 846 Å². The second-order valence-electron chi connectivity index (χ2n) is 38.7. The molecule has 0 aliphatic rings. The van der Waals surface area contributed by atoms with Gasteiger partial charge in [0.1, 0.15) is 0 Å². The van der Waals surface area contributed by atoms with Crippen LogP contribution in [0.4, 0.5) is 68.2 Å². The average molecular weight is 1890 g/mol. The maximum Gasteiger partial charge on any atom is 0.0620 e. The summed E-state index contributed by atoms with van der Waals surface area (Å²) in [4.78, 5) is 9.61. The second-order valence-corrected chi connectivity index (χ2v) is 40.9. The van der Waals surface area contributed by atoms with Crippen molar-refractivity contribution in [2.24, 2.45) is 0 Å². The molecule has 8 heterocycles. The summed E-state index contributed by atoms with van der Waals surface area (Å²) >= 11 is 3.72. The third-order valence-electron chi connectivity index (χ3n) is 30.6. The monoisotopic (exact) mass is 1890 g/mol. The highest BCUT2D eigenvalue weighted by Crippen LogP contribution is 2.52. The summed E-state index contributed by atoms with van der Waals surface area (Å²) in [5.41, 5.74) is 27.9. The molecule has 0 aliphatic heterocycles. The van der Waals surface area contributed by atoms with Gasteiger partial charge in [-0.3, -0.25) is 0 Å². The first-order valence-corrected chi connectivity index (χ1v) is 51.6. The zero-order chi connectivity index (χ0) is 95.5. The molecule has 32 aromatic rings. The van der Waals surface area contributed by atoms with Gasteiger partial charge in [-0.05, 0) is 310 Å². The normalized spacial score (nSPS) is 12.1. The van der Waals surface area contributed by atoms with Gasteiger partial charge in [-0.25, -0.2) is 0 Å². The van der Waals surface area contributed by atoms with E-state index in [4.69, 9.17) is 0 Å². The van der Waals surface area contributed by atoms with E-state index in [1.54, 1.807) is 0 Å². The molecule has 0 N–H and O–H groups in total. The first-order chi connectivity index (χ1) is 72.4. The SMILES string of the molecule is c1ccc(N(c2ccc3cc4c5cccc6c7cc8ccc(N(c9ccccc9)c9ccc%10c(c9)c9ccccc9n%10-c9ccccc9)cc8cc7n(c4cc3c2)c56)c2ccc3c(c2)c2ccccc2n3-c2ccccc2)cc1.c1ccc(N(c2ccc3cc4c5cccc6c7cc8ccc(N(c9ccccc9)c9ccc%10sc%11ccccc%11c%10c9)cc8cc7n(c4cc3c2)c56)c2ccc3sc4ccccc4c3c2)cc1. The highest BCUT2D eigenvalue weighted by molar-refractivity contribution is 7.26. The molecule has 8 aromatic heterocycles. The minimum absolute atomic E-state index is 1.10. The van der Waals surface area contributed by atoms with Gasteiger partial charge < -0.3 is 37.5 Å². The molecule has 680 valence electrons. The van der Waals surface area contributed by atoms with Crippen molar-refractivity contribution in [1.29, 1.82) is 0 Å². The Bertz CT molecular complexity index is 10300. The summed E-state index contributed by atoms with van der Waals surface area (Å²) in [5.74, 6) is 0. The number of hydrogen-bond donors (Lipinski definition) is 0. The lowest BCUT2D eigenvalue weighted by Crippen LogP contribution is -2.09. The Morgan fingerprint density at radius 1 is 0.130 bits per heavy atom. The smallest absolute Gasteiger partial charge is 0.0620 e. The van der Waals surface area contributed by atoms with Crippen molar-refractivity contribution in [3.05, 3.63) is 510 Å². The molecule has 0 aliphatic carbocycles. The molecule has 0 fully saturated rings. The molecule has 0 bridgehead atoms. The first kappa shape index (κ1) is 81.9. The Hall–Kier alpha value is -18.8. The van der Waals surface area contributed by atoms with Gasteiger partial charge in [0, 0.05) is 185 Å². The minimum atomic E-state index is 1.10. The van der Waals surface area contributed by atoms with Crippen LogP contribution in [0.15, 0.2) is 510 Å². The fourth-order valence-corrected chi connectivity index (χ4v) is 26.3. The van der Waals surface area contributed by atoms with Crippen molar-refractivity contribution in [2.45, 2.75) is 0 Å². The molecule has 0 unspecified atom stereocenters. The number of benzene rings is 24. The fraction of sp³-hybridized carbons (Fsp3) is 0. The number of para-hydroxylation sites is 10. The van der Waals surface area contributed by atoms with E-state index >= 15 is 0 Å². The molecule has 32 rings (SSSR count). The van der Waals surface area contributed by atoms with Gasteiger partial charge in [0.05, 0.1) is 55.2 Å². The van der Waals surface area contributed by atoms with E-state index < -0.39 is 0 Å². The minimum Gasteiger partial charge on any atom is -0.310 e. The van der Waals surface area contributed by atoms with Crippen molar-refractivity contribution >= 4 is 294 Å². The van der Waals surface area contributed by atoms with Crippen molar-refractivity contribution in [2.75, 3.05) is 19.6 Å². The maximum absolute atomic E-state index is 2.53. The van der Waals surface area contributed by atoms with E-state index in [-0.39, 0.29) is 0 Å². The molecule has 8 nitrogen and oxygen atoms in total. The van der Waals surface area contributed by atoms with Crippen molar-refractivity contribution in [3.8, 4) is 11.4 Å². The van der Waals surface area contributed by atoms with Crippen molar-refractivity contribution in [3.63, 3.8) is 0 Å². The van der Waals surface area contributed by atoms with Gasteiger partial charge in [0.15, 0.2) is 0 Å². The van der Waals surface area contributed by atoms with Crippen LogP contribution in [0.3, 0.4) is 0 Å². The summed E-state index contributed by atoms with van der Waals surface area (Å²) < 4.78 is 15.1. The lowest BCUT2D eigenvalue weighted by atomic mass is 10.0. The third-order valence-corrected chi connectivity index (χ3v) is 32.9. The Morgan fingerprint density at radius 2 is 0.363 bits per heavy atom. The first-order valence-electron chi connectivity index (χ1n) is 50.0.